The minimum Gasteiger partial charge on any atom is -0.495 e. The molecule has 31 heavy (non-hydrogen) atoms. The Morgan fingerprint density at radius 2 is 1.94 bits per heavy atom. The summed E-state index contributed by atoms with van der Waals surface area (Å²) in [5.41, 5.74) is 1.15. The van der Waals surface area contributed by atoms with E-state index in [4.69, 9.17) is 9.47 Å². The molecule has 1 aromatic carbocycles. The Labute approximate surface area is 183 Å². The van der Waals surface area contributed by atoms with Crippen molar-refractivity contribution in [2.45, 2.75) is 19.8 Å². The van der Waals surface area contributed by atoms with Gasteiger partial charge in [0.05, 0.1) is 25.0 Å². The number of methoxy groups -OCH3 is 1. The smallest absolute Gasteiger partial charge is 0.339 e. The van der Waals surface area contributed by atoms with Gasteiger partial charge in [0.2, 0.25) is 5.91 Å². The van der Waals surface area contributed by atoms with Gasteiger partial charge < -0.3 is 24.6 Å². The van der Waals surface area contributed by atoms with Gasteiger partial charge in [0, 0.05) is 38.8 Å². The highest BCUT2D eigenvalue weighted by molar-refractivity contribution is 5.92. The molecule has 1 N–H and O–H groups in total. The lowest BCUT2D eigenvalue weighted by molar-refractivity contribution is -0.116. The average Bonchev–Trinajstić information content (AvgIpc) is 3.04. The molecule has 2 aromatic rings. The van der Waals surface area contributed by atoms with Crippen LogP contribution in [0.1, 0.15) is 30.1 Å². The average molecular weight is 427 g/mol. The van der Waals surface area contributed by atoms with Crippen LogP contribution in [0.2, 0.25) is 0 Å². The van der Waals surface area contributed by atoms with Gasteiger partial charge in [-0.25, -0.2) is 9.78 Å². The summed E-state index contributed by atoms with van der Waals surface area (Å²) in [5, 5.41) is 2.93. The zero-order valence-electron chi connectivity index (χ0n) is 18.2. The summed E-state index contributed by atoms with van der Waals surface area (Å²) in [6.45, 7) is 6.31. The van der Waals surface area contributed by atoms with Gasteiger partial charge in [-0.2, -0.15) is 0 Å². The van der Waals surface area contributed by atoms with Gasteiger partial charge in [-0.3, -0.25) is 4.79 Å². The third-order valence-corrected chi connectivity index (χ3v) is 5.21. The van der Waals surface area contributed by atoms with Gasteiger partial charge in [0.1, 0.15) is 11.6 Å². The molecule has 0 unspecified atom stereocenters. The summed E-state index contributed by atoms with van der Waals surface area (Å²) in [4.78, 5) is 33.1. The van der Waals surface area contributed by atoms with Crippen molar-refractivity contribution in [3.63, 3.8) is 0 Å². The summed E-state index contributed by atoms with van der Waals surface area (Å²) in [5.74, 6) is 1.13. The molecule has 1 saturated heterocycles. The highest BCUT2D eigenvalue weighted by Crippen LogP contribution is 2.23. The van der Waals surface area contributed by atoms with E-state index < -0.39 is 0 Å². The van der Waals surface area contributed by atoms with Gasteiger partial charge in [0.15, 0.2) is 0 Å². The molecule has 0 aliphatic carbocycles. The monoisotopic (exact) mass is 426 g/mol. The van der Waals surface area contributed by atoms with Crippen LogP contribution in [-0.4, -0.2) is 68.2 Å². The summed E-state index contributed by atoms with van der Waals surface area (Å²) in [6.07, 6.45) is 2.97. The predicted molar refractivity (Wildman–Crippen MR) is 120 cm³/mol. The lowest BCUT2D eigenvalue weighted by atomic mass is 10.2. The number of hydrogen-bond donors (Lipinski definition) is 1. The maximum Gasteiger partial charge on any atom is 0.339 e. The second-order valence-corrected chi connectivity index (χ2v) is 7.31. The molecule has 3 rings (SSSR count). The number of carbonyl (C=O) groups is 2. The predicted octanol–water partition coefficient (Wildman–Crippen LogP) is 2.81. The number of hydrogen-bond acceptors (Lipinski definition) is 7. The number of para-hydroxylation sites is 2. The molecule has 1 amide bonds. The number of amides is 1. The van der Waals surface area contributed by atoms with E-state index in [2.05, 4.69) is 20.1 Å². The van der Waals surface area contributed by atoms with Crippen LogP contribution >= 0.6 is 0 Å². The van der Waals surface area contributed by atoms with Crippen LogP contribution in [-0.2, 0) is 9.53 Å². The van der Waals surface area contributed by atoms with Crippen molar-refractivity contribution in [2.75, 3.05) is 56.7 Å². The molecular weight excluding hydrogens is 396 g/mol. The first-order chi connectivity index (χ1) is 15.1. The molecule has 1 aliphatic heterocycles. The number of benzene rings is 1. The van der Waals surface area contributed by atoms with Crippen LogP contribution in [0.5, 0.6) is 5.75 Å². The van der Waals surface area contributed by atoms with Crippen LogP contribution < -0.4 is 15.0 Å². The van der Waals surface area contributed by atoms with Crippen LogP contribution in [0.15, 0.2) is 42.6 Å². The van der Waals surface area contributed by atoms with Crippen molar-refractivity contribution in [2.24, 2.45) is 0 Å². The number of nitrogens with one attached hydrogen (secondary N) is 1. The van der Waals surface area contributed by atoms with E-state index in [1.54, 1.807) is 26.3 Å². The Morgan fingerprint density at radius 3 is 2.68 bits per heavy atom. The molecule has 8 heteroatoms. The quantitative estimate of drug-likeness (QED) is 0.650. The Balaban J connectivity index is 1.47. The fourth-order valence-electron chi connectivity index (χ4n) is 3.55. The van der Waals surface area contributed by atoms with E-state index in [0.717, 1.165) is 38.4 Å². The van der Waals surface area contributed by atoms with Crippen molar-refractivity contribution in [1.29, 1.82) is 0 Å². The molecule has 166 valence electrons. The molecule has 0 atom stereocenters. The first-order valence-corrected chi connectivity index (χ1v) is 10.6. The van der Waals surface area contributed by atoms with Gasteiger partial charge in [-0.05, 0) is 44.2 Å². The van der Waals surface area contributed by atoms with Crippen LogP contribution in [0, 0.1) is 0 Å². The number of anilines is 2. The molecular formula is C23H30N4O4. The maximum absolute atomic E-state index is 12.4. The normalized spacial score (nSPS) is 14.6. The van der Waals surface area contributed by atoms with E-state index in [1.807, 2.05) is 30.3 Å². The minimum atomic E-state index is -0.352. The molecule has 0 bridgehead atoms. The number of ether oxygens (including phenoxy) is 2. The van der Waals surface area contributed by atoms with Crippen molar-refractivity contribution in [3.05, 3.63) is 48.2 Å². The van der Waals surface area contributed by atoms with Crippen molar-refractivity contribution < 1.29 is 19.1 Å². The first kappa shape index (κ1) is 22.6. The maximum atomic E-state index is 12.4. The van der Waals surface area contributed by atoms with Gasteiger partial charge in [-0.15, -0.1) is 0 Å². The highest BCUT2D eigenvalue weighted by Gasteiger charge is 2.18. The third-order valence-electron chi connectivity index (χ3n) is 5.21. The van der Waals surface area contributed by atoms with Crippen molar-refractivity contribution >= 4 is 23.4 Å². The Morgan fingerprint density at radius 1 is 1.10 bits per heavy atom. The van der Waals surface area contributed by atoms with Crippen molar-refractivity contribution in [3.8, 4) is 5.75 Å². The fourth-order valence-corrected chi connectivity index (χ4v) is 3.55. The van der Waals surface area contributed by atoms with E-state index in [0.29, 0.717) is 36.6 Å². The molecule has 1 aliphatic rings. The zero-order valence-corrected chi connectivity index (χ0v) is 18.2. The van der Waals surface area contributed by atoms with Crippen LogP contribution in [0.4, 0.5) is 11.5 Å². The standard InChI is InChI=1S/C23H30N4O4/c1-3-31-23(29)18-9-10-21(24-17-18)27-13-6-12-26(15-16-27)14-11-22(28)25-19-7-4-5-8-20(19)30-2/h4-5,7-10,17H,3,6,11-16H2,1-2H3,(H,25,28). The highest BCUT2D eigenvalue weighted by atomic mass is 16.5. The Kier molecular flexibility index (Phi) is 8.23. The number of pyridine rings is 1. The number of nitrogens with zero attached hydrogens (tertiary/aromatic N) is 3. The lowest BCUT2D eigenvalue weighted by Gasteiger charge is -2.22. The van der Waals surface area contributed by atoms with Crippen LogP contribution in [0.25, 0.3) is 0 Å². The molecule has 1 fully saturated rings. The third kappa shape index (κ3) is 6.42. The first-order valence-electron chi connectivity index (χ1n) is 10.6. The number of carbonyl (C=O) groups excluding carboxylic acids is 2. The largest absolute Gasteiger partial charge is 0.495 e. The summed E-state index contributed by atoms with van der Waals surface area (Å²) < 4.78 is 10.3. The van der Waals surface area contributed by atoms with Gasteiger partial charge in [0.25, 0.3) is 0 Å². The topological polar surface area (TPSA) is 84.0 Å². The Hall–Kier alpha value is -3.13. The van der Waals surface area contributed by atoms with Gasteiger partial charge >= 0.3 is 5.97 Å². The van der Waals surface area contributed by atoms with Gasteiger partial charge in [-0.1, -0.05) is 12.1 Å². The molecule has 1 aromatic heterocycles. The lowest BCUT2D eigenvalue weighted by Crippen LogP contribution is -2.33. The number of aromatic nitrogens is 1. The number of rotatable bonds is 8. The number of esters is 1. The molecule has 0 saturated carbocycles. The Bertz CT molecular complexity index is 872. The molecule has 8 nitrogen and oxygen atoms in total. The van der Waals surface area contributed by atoms with E-state index in [1.165, 1.54) is 0 Å². The summed E-state index contributed by atoms with van der Waals surface area (Å²) >= 11 is 0. The zero-order chi connectivity index (χ0) is 22.1. The van der Waals surface area contributed by atoms with Crippen LogP contribution in [0.3, 0.4) is 0 Å². The summed E-state index contributed by atoms with van der Waals surface area (Å²) in [7, 11) is 1.59. The summed E-state index contributed by atoms with van der Waals surface area (Å²) in [6, 6.07) is 11.0. The molecule has 0 radical (unpaired) electrons. The second kappa shape index (κ2) is 11.3. The second-order valence-electron chi connectivity index (χ2n) is 7.31. The fraction of sp³-hybridized carbons (Fsp3) is 0.435. The van der Waals surface area contributed by atoms with E-state index >= 15 is 0 Å². The molecule has 0 spiro atoms. The van der Waals surface area contributed by atoms with E-state index in [-0.39, 0.29) is 11.9 Å². The minimum absolute atomic E-state index is 0.0261. The SMILES string of the molecule is CCOC(=O)c1ccc(N2CCCN(CCC(=O)Nc3ccccc3OC)CC2)nc1. The van der Waals surface area contributed by atoms with E-state index in [9.17, 15) is 9.59 Å². The van der Waals surface area contributed by atoms with Crippen molar-refractivity contribution in [1.82, 2.24) is 9.88 Å². The molecule has 2 heterocycles.